The molecule has 0 aliphatic heterocycles. The molecule has 4 atom stereocenters. The zero-order valence-electron chi connectivity index (χ0n) is 14.2. The van der Waals surface area contributed by atoms with Crippen LogP contribution in [0.4, 0.5) is 0 Å². The molecule has 0 aromatic rings. The first-order valence-corrected chi connectivity index (χ1v) is 8.33. The molecule has 4 rings (SSSR count). The summed E-state index contributed by atoms with van der Waals surface area (Å²) in [7, 11) is 0. The molecule has 25 heavy (non-hydrogen) atoms. The van der Waals surface area contributed by atoms with Gasteiger partial charge in [-0.1, -0.05) is 59.8 Å². The van der Waals surface area contributed by atoms with Crippen molar-refractivity contribution in [2.75, 3.05) is 0 Å². The van der Waals surface area contributed by atoms with Crippen molar-refractivity contribution in [1.82, 2.24) is 0 Å². The number of rotatable bonds is 2. The molecule has 0 radical (unpaired) electrons. The van der Waals surface area contributed by atoms with Gasteiger partial charge in [0.25, 0.3) is 0 Å². The molecule has 0 saturated heterocycles. The molecule has 0 nitrogen and oxygen atoms in total. The molecule has 0 amide bonds. The smallest absolute Gasteiger partial charge is 1.00 e. The van der Waals surface area contributed by atoms with Crippen LogP contribution >= 0.6 is 0 Å². The molecule has 5 heteroatoms. The van der Waals surface area contributed by atoms with Gasteiger partial charge in [0.2, 0.25) is 0 Å². The van der Waals surface area contributed by atoms with Gasteiger partial charge >= 0.3 is 26.2 Å². The zero-order valence-corrected chi connectivity index (χ0v) is 19.7. The first kappa shape index (κ1) is 28.0. The molecule has 2 saturated carbocycles. The average molecular weight is 497 g/mol. The van der Waals surface area contributed by atoms with Gasteiger partial charge < -0.3 is 49.6 Å². The summed E-state index contributed by atoms with van der Waals surface area (Å²) >= 11 is 0. The Balaban J connectivity index is 0. The van der Waals surface area contributed by atoms with E-state index in [0.29, 0.717) is 0 Å². The summed E-state index contributed by atoms with van der Waals surface area (Å²) < 4.78 is 0. The van der Waals surface area contributed by atoms with Crippen LogP contribution in [0.3, 0.4) is 0 Å². The Morgan fingerprint density at radius 2 is 1.04 bits per heavy atom. The molecular formula is C20H24Cl4Zr. The summed E-state index contributed by atoms with van der Waals surface area (Å²) in [6.07, 6.45) is 27.1. The molecule has 2 fully saturated rings. The first-order valence-electron chi connectivity index (χ1n) is 8.33. The van der Waals surface area contributed by atoms with Gasteiger partial charge in [-0.15, -0.1) is 0 Å². The van der Waals surface area contributed by atoms with Crippen LogP contribution in [-0.4, -0.2) is 0 Å². The molecule has 136 valence electrons. The predicted octanol–water partition coefficient (Wildman–Crippen LogP) is -6.62. The summed E-state index contributed by atoms with van der Waals surface area (Å²) in [4.78, 5) is 0. The minimum absolute atomic E-state index is 0. The van der Waals surface area contributed by atoms with E-state index >= 15 is 0 Å². The number of hydrogen-bond acceptors (Lipinski definition) is 0. The van der Waals surface area contributed by atoms with Crippen molar-refractivity contribution in [3.8, 4) is 0 Å². The summed E-state index contributed by atoms with van der Waals surface area (Å²) in [6.45, 7) is 0. The van der Waals surface area contributed by atoms with Crippen molar-refractivity contribution in [3.05, 3.63) is 59.8 Å². The Hall–Kier alpha value is 0.743. The zero-order chi connectivity index (χ0) is 13.4. The van der Waals surface area contributed by atoms with Crippen LogP contribution in [0.5, 0.6) is 0 Å². The Morgan fingerprint density at radius 1 is 0.640 bits per heavy atom. The third kappa shape index (κ3) is 6.12. The molecule has 4 aliphatic carbocycles. The van der Waals surface area contributed by atoms with E-state index in [0.717, 1.165) is 23.7 Å². The maximum Gasteiger partial charge on any atom is 4.00 e. The summed E-state index contributed by atoms with van der Waals surface area (Å²) in [5, 5.41) is 0. The van der Waals surface area contributed by atoms with Crippen molar-refractivity contribution < 1.29 is 75.8 Å². The quantitative estimate of drug-likeness (QED) is 0.333. The molecular weight excluding hydrogens is 473 g/mol. The Kier molecular flexibility index (Phi) is 14.5. The summed E-state index contributed by atoms with van der Waals surface area (Å²) in [5.41, 5.74) is 3.41. The number of hydrogen-bond donors (Lipinski definition) is 0. The predicted molar refractivity (Wildman–Crippen MR) is 85.2 cm³/mol. The van der Waals surface area contributed by atoms with Gasteiger partial charge in [-0.3, -0.25) is 0 Å². The van der Waals surface area contributed by atoms with Crippen LogP contribution in [0.2, 0.25) is 0 Å². The monoisotopic (exact) mass is 494 g/mol. The Labute approximate surface area is 196 Å². The van der Waals surface area contributed by atoms with Gasteiger partial charge in [0.15, 0.2) is 0 Å². The van der Waals surface area contributed by atoms with Gasteiger partial charge in [0.1, 0.15) is 0 Å². The fraction of sp³-hybridized carbons (Fsp3) is 0.500. The first-order chi connectivity index (χ1) is 9.92. The van der Waals surface area contributed by atoms with Crippen LogP contribution in [0, 0.1) is 23.7 Å². The average Bonchev–Trinajstić information content (AvgIpc) is 3.09. The van der Waals surface area contributed by atoms with E-state index in [9.17, 15) is 0 Å². The van der Waals surface area contributed by atoms with Crippen LogP contribution in [0.1, 0.15) is 38.5 Å². The van der Waals surface area contributed by atoms with E-state index < -0.39 is 0 Å². The van der Waals surface area contributed by atoms with Gasteiger partial charge in [-0.05, 0) is 62.2 Å². The van der Waals surface area contributed by atoms with Crippen molar-refractivity contribution in [3.63, 3.8) is 0 Å². The van der Waals surface area contributed by atoms with Gasteiger partial charge in [-0.2, -0.15) is 0 Å². The Morgan fingerprint density at radius 3 is 1.44 bits per heavy atom. The van der Waals surface area contributed by atoms with E-state index in [1.165, 1.54) is 38.5 Å². The summed E-state index contributed by atoms with van der Waals surface area (Å²) in [5.74, 6) is 3.15. The standard InChI is InChI=1S/C20H24.4ClH.Zr/c1-3-7-19-15(5-1)9-11-17(19)13-14-18-12-10-16-6-2-4-8-20(16)18;;;;;/h1-4,7-8,13-18H,5-6,9-12H2;4*1H;/q;;;;;+4/p-4. The largest absolute Gasteiger partial charge is 4.00 e. The third-order valence-corrected chi connectivity index (χ3v) is 5.72. The molecule has 0 bridgehead atoms. The normalized spacial score (nSPS) is 31.0. The van der Waals surface area contributed by atoms with Crippen molar-refractivity contribution >= 4 is 0 Å². The second-order valence-corrected chi connectivity index (χ2v) is 6.81. The molecule has 0 aromatic heterocycles. The van der Waals surface area contributed by atoms with E-state index in [-0.39, 0.29) is 75.8 Å². The van der Waals surface area contributed by atoms with Crippen molar-refractivity contribution in [1.29, 1.82) is 0 Å². The van der Waals surface area contributed by atoms with Crippen LogP contribution in [0.15, 0.2) is 59.8 Å². The van der Waals surface area contributed by atoms with E-state index in [1.807, 2.05) is 0 Å². The van der Waals surface area contributed by atoms with Gasteiger partial charge in [0.05, 0.1) is 0 Å². The topological polar surface area (TPSA) is 0 Å². The molecule has 4 aliphatic rings. The van der Waals surface area contributed by atoms with Gasteiger partial charge in [-0.25, -0.2) is 0 Å². The maximum atomic E-state index is 2.54. The Bertz CT molecular complexity index is 500. The number of fused-ring (bicyclic) bond motifs is 2. The van der Waals surface area contributed by atoms with Crippen LogP contribution in [0.25, 0.3) is 0 Å². The fourth-order valence-electron chi connectivity index (χ4n) is 4.59. The van der Waals surface area contributed by atoms with Crippen molar-refractivity contribution in [2.45, 2.75) is 38.5 Å². The fourth-order valence-corrected chi connectivity index (χ4v) is 4.59. The number of allylic oxidation sites excluding steroid dienone is 10. The molecule has 4 unspecified atom stereocenters. The van der Waals surface area contributed by atoms with E-state index in [2.05, 4.69) is 48.6 Å². The number of halogens is 4. The molecule has 0 spiro atoms. The van der Waals surface area contributed by atoms with E-state index in [4.69, 9.17) is 0 Å². The third-order valence-electron chi connectivity index (χ3n) is 5.72. The minimum atomic E-state index is 0. The van der Waals surface area contributed by atoms with Crippen molar-refractivity contribution in [2.24, 2.45) is 23.7 Å². The van der Waals surface area contributed by atoms with Gasteiger partial charge in [0, 0.05) is 0 Å². The van der Waals surface area contributed by atoms with Crippen LogP contribution in [-0.2, 0) is 26.2 Å². The van der Waals surface area contributed by atoms with E-state index in [1.54, 1.807) is 11.1 Å². The second kappa shape index (κ2) is 13.0. The maximum absolute atomic E-state index is 2.54. The van der Waals surface area contributed by atoms with Crippen LogP contribution < -0.4 is 49.6 Å². The second-order valence-electron chi connectivity index (χ2n) is 6.81. The molecule has 0 heterocycles. The SMILES string of the molecule is C1=CCC2CCC(C=CC3CCC4CC=CC=C34)C2=C1.[Cl-].[Cl-].[Cl-].[Cl-].[Zr+4]. The molecule has 0 N–H and O–H groups in total. The molecule has 0 aromatic carbocycles. The summed E-state index contributed by atoms with van der Waals surface area (Å²) in [6, 6.07) is 0. The minimum Gasteiger partial charge on any atom is -1.00 e.